The number of Topliss-reactive ketones (excluding diaryl/α,β-unsaturated/α-hetero) is 1. The maximum Gasteiger partial charge on any atom is 0.364 e. The van der Waals surface area contributed by atoms with Crippen LogP contribution in [0.3, 0.4) is 0 Å². The number of para-hydroxylation sites is 1. The van der Waals surface area contributed by atoms with E-state index in [2.05, 4.69) is 4.98 Å². The molecule has 1 aromatic heterocycles. The zero-order valence-corrected chi connectivity index (χ0v) is 9.69. The quantitative estimate of drug-likeness (QED) is 0.802. The summed E-state index contributed by atoms with van der Waals surface area (Å²) in [5.41, 5.74) is 0.561. The van der Waals surface area contributed by atoms with Gasteiger partial charge in [0.25, 0.3) is 0 Å². The van der Waals surface area contributed by atoms with Crippen LogP contribution in [0, 0.1) is 0 Å². The van der Waals surface area contributed by atoms with Gasteiger partial charge in [-0.1, -0.05) is 12.1 Å². The number of fused-ring (bicyclic) bond motifs is 1. The third kappa shape index (κ3) is 2.35. The number of ketones is 1. The summed E-state index contributed by atoms with van der Waals surface area (Å²) in [4.78, 5) is 15.0. The molecule has 0 aliphatic carbocycles. The third-order valence-corrected chi connectivity index (χ3v) is 3.33. The number of thiazole rings is 1. The highest BCUT2D eigenvalue weighted by Crippen LogP contribution is 2.28. The molecule has 96 valence electrons. The number of halogens is 4. The number of carbonyl (C=O) groups excluding carboxylic acids is 1. The lowest BCUT2D eigenvalue weighted by Crippen LogP contribution is -2.37. The summed E-state index contributed by atoms with van der Waals surface area (Å²) in [5, 5.41) is 0.113. The van der Waals surface area contributed by atoms with Crippen LogP contribution < -0.4 is 0 Å². The van der Waals surface area contributed by atoms with E-state index in [9.17, 15) is 22.4 Å². The Morgan fingerprint density at radius 2 is 2.00 bits per heavy atom. The van der Waals surface area contributed by atoms with Crippen molar-refractivity contribution in [3.63, 3.8) is 0 Å². The molecule has 0 aliphatic heterocycles. The number of benzene rings is 1. The fourth-order valence-electron chi connectivity index (χ4n) is 1.37. The number of nitrogens with zero attached hydrogens (tertiary/aromatic N) is 1. The largest absolute Gasteiger partial charge is 0.364 e. The molecule has 18 heavy (non-hydrogen) atoms. The second kappa shape index (κ2) is 4.64. The van der Waals surface area contributed by atoms with Crippen molar-refractivity contribution < 1.29 is 22.4 Å². The molecule has 1 aromatic carbocycles. The lowest BCUT2D eigenvalue weighted by Gasteiger charge is -2.12. The van der Waals surface area contributed by atoms with Crippen LogP contribution in [-0.4, -0.2) is 23.1 Å². The van der Waals surface area contributed by atoms with Crippen LogP contribution in [-0.2, 0) is 11.2 Å². The molecule has 2 aromatic rings. The minimum absolute atomic E-state index is 0.113. The first-order valence-corrected chi connectivity index (χ1v) is 5.76. The lowest BCUT2D eigenvalue weighted by atomic mass is 10.1. The number of carbonyl (C=O) groups is 1. The van der Waals surface area contributed by atoms with Crippen LogP contribution in [0.2, 0.25) is 0 Å². The first kappa shape index (κ1) is 12.9. The smallest absolute Gasteiger partial charge is 0.292 e. The Labute approximate surface area is 103 Å². The van der Waals surface area contributed by atoms with Crippen molar-refractivity contribution in [2.75, 3.05) is 0 Å². The molecule has 1 heterocycles. The molecular formula is C11H7F4NOS. The minimum Gasteiger partial charge on any atom is -0.292 e. The van der Waals surface area contributed by atoms with E-state index in [4.69, 9.17) is 0 Å². The van der Waals surface area contributed by atoms with Gasteiger partial charge in [0, 0.05) is 0 Å². The third-order valence-electron chi connectivity index (χ3n) is 2.30. The second-order valence-electron chi connectivity index (χ2n) is 3.60. The van der Waals surface area contributed by atoms with Gasteiger partial charge in [0.05, 0.1) is 16.6 Å². The molecule has 2 rings (SSSR count). The SMILES string of the molecule is O=C(Cc1nc2ccccc2s1)C(F)(F)C(F)F. The van der Waals surface area contributed by atoms with Crippen molar-refractivity contribution in [3.8, 4) is 0 Å². The Morgan fingerprint density at radius 3 is 2.61 bits per heavy atom. The maximum atomic E-state index is 12.8. The molecule has 0 amide bonds. The molecule has 0 saturated carbocycles. The predicted octanol–water partition coefficient (Wildman–Crippen LogP) is 3.31. The number of hydrogen-bond donors (Lipinski definition) is 0. The molecule has 0 fully saturated rings. The standard InChI is InChI=1S/C11H7F4NOS/c12-10(13)11(14,15)8(17)5-9-16-6-3-1-2-4-7(6)18-9/h1-4,10H,5H2. The van der Waals surface area contributed by atoms with Gasteiger partial charge in [-0.25, -0.2) is 13.8 Å². The Bertz CT molecular complexity index is 548. The Kier molecular flexibility index (Phi) is 3.34. The van der Waals surface area contributed by atoms with Crippen molar-refractivity contribution in [2.45, 2.75) is 18.8 Å². The van der Waals surface area contributed by atoms with Gasteiger partial charge in [-0.3, -0.25) is 4.79 Å². The molecule has 0 unspecified atom stereocenters. The molecule has 0 spiro atoms. The van der Waals surface area contributed by atoms with E-state index in [0.717, 1.165) is 16.0 Å². The normalized spacial score (nSPS) is 12.3. The van der Waals surface area contributed by atoms with Gasteiger partial charge in [-0.15, -0.1) is 11.3 Å². The highest BCUT2D eigenvalue weighted by molar-refractivity contribution is 7.18. The Morgan fingerprint density at radius 1 is 1.33 bits per heavy atom. The highest BCUT2D eigenvalue weighted by Gasteiger charge is 2.48. The van der Waals surface area contributed by atoms with Crippen molar-refractivity contribution in [2.24, 2.45) is 0 Å². The van der Waals surface area contributed by atoms with Crippen molar-refractivity contribution in [1.82, 2.24) is 4.98 Å². The number of aromatic nitrogens is 1. The fraction of sp³-hybridized carbons (Fsp3) is 0.273. The summed E-state index contributed by atoms with van der Waals surface area (Å²) in [6.45, 7) is 0. The van der Waals surface area contributed by atoms with E-state index in [1.807, 2.05) is 0 Å². The first-order chi connectivity index (χ1) is 8.41. The average Bonchev–Trinajstić information content (AvgIpc) is 2.70. The molecular weight excluding hydrogens is 270 g/mol. The molecule has 0 N–H and O–H groups in total. The first-order valence-electron chi connectivity index (χ1n) is 4.95. The molecule has 0 bridgehead atoms. The minimum atomic E-state index is -4.61. The summed E-state index contributed by atoms with van der Waals surface area (Å²) in [7, 11) is 0. The van der Waals surface area contributed by atoms with Gasteiger partial charge in [0.15, 0.2) is 0 Å². The van der Waals surface area contributed by atoms with Gasteiger partial charge in [0.1, 0.15) is 5.01 Å². The summed E-state index contributed by atoms with van der Waals surface area (Å²) >= 11 is 1.04. The van der Waals surface area contributed by atoms with Crippen molar-refractivity contribution in [1.29, 1.82) is 0 Å². The zero-order valence-electron chi connectivity index (χ0n) is 8.87. The van der Waals surface area contributed by atoms with Gasteiger partial charge >= 0.3 is 12.3 Å². The Hall–Kier alpha value is -1.50. The van der Waals surface area contributed by atoms with Crippen molar-refractivity contribution in [3.05, 3.63) is 29.3 Å². The van der Waals surface area contributed by atoms with Crippen LogP contribution >= 0.6 is 11.3 Å². The van der Waals surface area contributed by atoms with Crippen LogP contribution in [0.4, 0.5) is 17.6 Å². The molecule has 0 radical (unpaired) electrons. The molecule has 0 saturated heterocycles. The van der Waals surface area contributed by atoms with E-state index in [-0.39, 0.29) is 5.01 Å². The average molecular weight is 277 g/mol. The van der Waals surface area contributed by atoms with Gasteiger partial charge in [-0.05, 0) is 12.1 Å². The molecule has 0 atom stereocenters. The summed E-state index contributed by atoms with van der Waals surface area (Å²) in [6.07, 6.45) is -4.77. The number of hydrogen-bond acceptors (Lipinski definition) is 3. The van der Waals surface area contributed by atoms with Gasteiger partial charge in [-0.2, -0.15) is 8.78 Å². The van der Waals surface area contributed by atoms with E-state index in [1.54, 1.807) is 24.3 Å². The number of alkyl halides is 4. The second-order valence-corrected chi connectivity index (χ2v) is 4.71. The summed E-state index contributed by atoms with van der Waals surface area (Å²) in [5.74, 6) is -6.42. The Balaban J connectivity index is 2.21. The molecule has 0 aliphatic rings. The van der Waals surface area contributed by atoms with Crippen LogP contribution in [0.1, 0.15) is 5.01 Å². The highest BCUT2D eigenvalue weighted by atomic mass is 32.1. The summed E-state index contributed by atoms with van der Waals surface area (Å²) < 4.78 is 50.2. The van der Waals surface area contributed by atoms with Crippen LogP contribution in [0.25, 0.3) is 10.2 Å². The van der Waals surface area contributed by atoms with Crippen LogP contribution in [0.15, 0.2) is 24.3 Å². The van der Waals surface area contributed by atoms with Gasteiger partial charge in [0.2, 0.25) is 5.78 Å². The zero-order chi connectivity index (χ0) is 13.3. The maximum absolute atomic E-state index is 12.8. The lowest BCUT2D eigenvalue weighted by molar-refractivity contribution is -0.166. The number of rotatable bonds is 4. The molecule has 2 nitrogen and oxygen atoms in total. The topological polar surface area (TPSA) is 30.0 Å². The van der Waals surface area contributed by atoms with E-state index in [0.29, 0.717) is 5.52 Å². The molecule has 7 heteroatoms. The predicted molar refractivity (Wildman–Crippen MR) is 59.3 cm³/mol. The van der Waals surface area contributed by atoms with Crippen molar-refractivity contribution >= 4 is 27.3 Å². The van der Waals surface area contributed by atoms with E-state index < -0.39 is 24.6 Å². The monoisotopic (exact) mass is 277 g/mol. The van der Waals surface area contributed by atoms with Gasteiger partial charge < -0.3 is 0 Å². The summed E-state index contributed by atoms with van der Waals surface area (Å²) in [6, 6.07) is 6.82. The van der Waals surface area contributed by atoms with E-state index in [1.165, 1.54) is 0 Å². The fourth-order valence-corrected chi connectivity index (χ4v) is 2.34. The van der Waals surface area contributed by atoms with E-state index >= 15 is 0 Å². The van der Waals surface area contributed by atoms with Crippen LogP contribution in [0.5, 0.6) is 0 Å².